The molecule has 0 atom stereocenters. The first-order valence-electron chi connectivity index (χ1n) is 7.10. The smallest absolute Gasteiger partial charge is 0.252 e. The van der Waals surface area contributed by atoms with Crippen molar-refractivity contribution in [2.45, 2.75) is 31.8 Å². The molecule has 1 aliphatic rings. The Labute approximate surface area is 118 Å². The van der Waals surface area contributed by atoms with Crippen molar-refractivity contribution < 1.29 is 4.74 Å². The lowest BCUT2D eigenvalue weighted by atomic mass is 9.92. The summed E-state index contributed by atoms with van der Waals surface area (Å²) in [5.74, 6) is 0. The monoisotopic (exact) mass is 272 g/mol. The normalized spacial score (nSPS) is 18.2. The molecule has 1 saturated heterocycles. The Hall–Kier alpha value is -1.65. The van der Waals surface area contributed by atoms with Crippen molar-refractivity contribution in [2.75, 3.05) is 13.2 Å². The zero-order valence-corrected chi connectivity index (χ0v) is 11.7. The fourth-order valence-corrected chi connectivity index (χ4v) is 2.63. The van der Waals surface area contributed by atoms with Gasteiger partial charge in [0.2, 0.25) is 0 Å². The Morgan fingerprint density at radius 2 is 2.05 bits per heavy atom. The Balaban J connectivity index is 1.80. The molecule has 0 spiro atoms. The Bertz CT molecular complexity index is 657. The third-order valence-corrected chi connectivity index (χ3v) is 4.13. The molecule has 2 aromatic rings. The van der Waals surface area contributed by atoms with Crippen LogP contribution in [-0.2, 0) is 11.3 Å². The summed E-state index contributed by atoms with van der Waals surface area (Å²) in [4.78, 5) is 15.0. The fraction of sp³-hybridized carbons (Fsp3) is 0.438. The zero-order valence-electron chi connectivity index (χ0n) is 11.7. The van der Waals surface area contributed by atoms with E-state index in [1.54, 1.807) is 0 Å². The molecular weight excluding hydrogens is 252 g/mol. The summed E-state index contributed by atoms with van der Waals surface area (Å²) < 4.78 is 5.39. The average Bonchev–Trinajstić information content (AvgIpc) is 2.46. The largest absolute Gasteiger partial charge is 0.381 e. The van der Waals surface area contributed by atoms with Crippen molar-refractivity contribution >= 4 is 10.9 Å². The molecule has 4 heteroatoms. The molecule has 4 nitrogen and oxygen atoms in total. The van der Waals surface area contributed by atoms with Gasteiger partial charge in [-0.15, -0.1) is 0 Å². The van der Waals surface area contributed by atoms with Gasteiger partial charge in [0.05, 0.1) is 0 Å². The first-order valence-corrected chi connectivity index (χ1v) is 7.10. The first kappa shape index (κ1) is 13.3. The van der Waals surface area contributed by atoms with Crippen molar-refractivity contribution in [1.29, 1.82) is 0 Å². The van der Waals surface area contributed by atoms with Crippen molar-refractivity contribution in [3.05, 3.63) is 46.2 Å². The number of H-pyrrole nitrogens is 1. The van der Waals surface area contributed by atoms with Crippen LogP contribution in [0.3, 0.4) is 0 Å². The molecule has 20 heavy (non-hydrogen) atoms. The number of aromatic nitrogens is 1. The summed E-state index contributed by atoms with van der Waals surface area (Å²) >= 11 is 0. The highest BCUT2D eigenvalue weighted by atomic mass is 16.5. The van der Waals surface area contributed by atoms with Crippen LogP contribution in [0.5, 0.6) is 0 Å². The van der Waals surface area contributed by atoms with Crippen LogP contribution in [0.25, 0.3) is 10.9 Å². The summed E-state index contributed by atoms with van der Waals surface area (Å²) in [6, 6.07) is 9.83. The topological polar surface area (TPSA) is 54.1 Å². The molecule has 106 valence electrons. The Morgan fingerprint density at radius 1 is 1.30 bits per heavy atom. The standard InChI is InChI=1S/C16H20N2O2/c1-16(6-8-20-9-7-16)17-11-13-10-12-4-2-3-5-14(12)18-15(13)19/h2-5,10,17H,6-9,11H2,1H3,(H,18,19). The maximum atomic E-state index is 12.1. The summed E-state index contributed by atoms with van der Waals surface area (Å²) in [6.07, 6.45) is 1.97. The number of aromatic amines is 1. The molecule has 0 amide bonds. The van der Waals surface area contributed by atoms with Crippen LogP contribution in [0.15, 0.2) is 35.1 Å². The summed E-state index contributed by atoms with van der Waals surface area (Å²) in [5.41, 5.74) is 1.73. The maximum Gasteiger partial charge on any atom is 0.252 e. The van der Waals surface area contributed by atoms with Crippen molar-refractivity contribution in [3.63, 3.8) is 0 Å². The van der Waals surface area contributed by atoms with E-state index < -0.39 is 0 Å². The van der Waals surface area contributed by atoms with E-state index in [0.29, 0.717) is 6.54 Å². The van der Waals surface area contributed by atoms with Crippen LogP contribution < -0.4 is 10.9 Å². The predicted molar refractivity (Wildman–Crippen MR) is 79.9 cm³/mol. The molecule has 1 aromatic heterocycles. The lowest BCUT2D eigenvalue weighted by molar-refractivity contribution is 0.0446. The van der Waals surface area contributed by atoms with Gasteiger partial charge >= 0.3 is 0 Å². The second kappa shape index (κ2) is 5.38. The molecule has 2 heterocycles. The average molecular weight is 272 g/mol. The molecule has 0 unspecified atom stereocenters. The van der Waals surface area contributed by atoms with E-state index >= 15 is 0 Å². The summed E-state index contributed by atoms with van der Waals surface area (Å²) in [5, 5.41) is 4.59. The number of ether oxygens (including phenoxy) is 1. The zero-order chi connectivity index (χ0) is 14.0. The number of fused-ring (bicyclic) bond motifs is 1. The van der Waals surface area contributed by atoms with E-state index in [0.717, 1.165) is 42.5 Å². The minimum absolute atomic E-state index is 0.00754. The van der Waals surface area contributed by atoms with Gasteiger partial charge in [0.25, 0.3) is 5.56 Å². The van der Waals surface area contributed by atoms with Crippen LogP contribution in [0, 0.1) is 0 Å². The van der Waals surface area contributed by atoms with Crippen LogP contribution in [0.1, 0.15) is 25.3 Å². The lowest BCUT2D eigenvalue weighted by Crippen LogP contribution is -2.46. The number of para-hydroxylation sites is 1. The third-order valence-electron chi connectivity index (χ3n) is 4.13. The van der Waals surface area contributed by atoms with Gasteiger partial charge in [-0.3, -0.25) is 4.79 Å². The van der Waals surface area contributed by atoms with Crippen LogP contribution >= 0.6 is 0 Å². The molecule has 2 N–H and O–H groups in total. The SMILES string of the molecule is CC1(NCc2cc3ccccc3[nH]c2=O)CCOCC1. The number of nitrogens with one attached hydrogen (secondary N) is 2. The van der Waals surface area contributed by atoms with Crippen LogP contribution in [0.2, 0.25) is 0 Å². The van der Waals surface area contributed by atoms with Gasteiger partial charge in [-0.1, -0.05) is 18.2 Å². The number of hydrogen-bond acceptors (Lipinski definition) is 3. The van der Waals surface area contributed by atoms with Crippen molar-refractivity contribution in [2.24, 2.45) is 0 Å². The minimum atomic E-state index is -0.00754. The van der Waals surface area contributed by atoms with Gasteiger partial charge in [0, 0.05) is 36.4 Å². The van der Waals surface area contributed by atoms with E-state index in [2.05, 4.69) is 17.2 Å². The highest BCUT2D eigenvalue weighted by Gasteiger charge is 2.26. The van der Waals surface area contributed by atoms with Crippen molar-refractivity contribution in [1.82, 2.24) is 10.3 Å². The molecule has 1 fully saturated rings. The first-order chi connectivity index (χ1) is 9.66. The summed E-state index contributed by atoms with van der Waals surface area (Å²) in [7, 11) is 0. The number of rotatable bonds is 3. The Morgan fingerprint density at radius 3 is 2.85 bits per heavy atom. The fourth-order valence-electron chi connectivity index (χ4n) is 2.63. The van der Waals surface area contributed by atoms with Gasteiger partial charge in [-0.25, -0.2) is 0 Å². The third kappa shape index (κ3) is 2.76. The molecule has 1 aromatic carbocycles. The van der Waals surface area contributed by atoms with Gasteiger partial charge in [-0.05, 0) is 37.3 Å². The van der Waals surface area contributed by atoms with E-state index in [1.165, 1.54) is 0 Å². The van der Waals surface area contributed by atoms with Gasteiger partial charge in [-0.2, -0.15) is 0 Å². The lowest BCUT2D eigenvalue weighted by Gasteiger charge is -2.34. The molecule has 0 saturated carbocycles. The minimum Gasteiger partial charge on any atom is -0.381 e. The Kier molecular flexibility index (Phi) is 3.59. The molecule has 1 aliphatic heterocycles. The molecule has 0 bridgehead atoms. The number of pyridine rings is 1. The molecule has 0 radical (unpaired) electrons. The van der Waals surface area contributed by atoms with Gasteiger partial charge < -0.3 is 15.0 Å². The van der Waals surface area contributed by atoms with E-state index in [4.69, 9.17) is 4.74 Å². The van der Waals surface area contributed by atoms with Gasteiger partial charge in [0.15, 0.2) is 0 Å². The van der Waals surface area contributed by atoms with Gasteiger partial charge in [0.1, 0.15) is 0 Å². The van der Waals surface area contributed by atoms with Crippen LogP contribution in [0.4, 0.5) is 0 Å². The quantitative estimate of drug-likeness (QED) is 0.900. The molecule has 3 rings (SSSR count). The van der Waals surface area contributed by atoms with Crippen LogP contribution in [-0.4, -0.2) is 23.7 Å². The second-order valence-corrected chi connectivity index (χ2v) is 5.74. The molecule has 0 aliphatic carbocycles. The summed E-state index contributed by atoms with van der Waals surface area (Å²) in [6.45, 7) is 4.37. The van der Waals surface area contributed by atoms with E-state index in [-0.39, 0.29) is 11.1 Å². The van der Waals surface area contributed by atoms with Crippen molar-refractivity contribution in [3.8, 4) is 0 Å². The second-order valence-electron chi connectivity index (χ2n) is 5.74. The number of hydrogen-bond donors (Lipinski definition) is 2. The van der Waals surface area contributed by atoms with E-state index in [1.807, 2.05) is 30.3 Å². The highest BCUT2D eigenvalue weighted by Crippen LogP contribution is 2.20. The number of benzene rings is 1. The van der Waals surface area contributed by atoms with E-state index in [9.17, 15) is 4.79 Å². The predicted octanol–water partition coefficient (Wildman–Crippen LogP) is 2.19. The maximum absolute atomic E-state index is 12.1. The molecular formula is C16H20N2O2. The highest BCUT2D eigenvalue weighted by molar-refractivity contribution is 5.78.